The average molecular weight is 199 g/mol. The maximum atomic E-state index is 8.61. The molecule has 0 aliphatic rings. The van der Waals surface area contributed by atoms with E-state index in [1.807, 2.05) is 12.8 Å². The molecule has 0 amide bonds. The van der Waals surface area contributed by atoms with Gasteiger partial charge in [0.15, 0.2) is 0 Å². The Hall–Kier alpha value is 0.400. The van der Waals surface area contributed by atoms with Gasteiger partial charge in [0, 0.05) is 0 Å². The number of hydrogen-bond acceptors (Lipinski definition) is 2. The quantitative estimate of drug-likeness (QED) is 0.669. The minimum Gasteiger partial charge on any atom is -0.394 e. The molecule has 0 aromatic rings. The Bertz CT molecular complexity index is 42.0. The van der Waals surface area contributed by atoms with Crippen LogP contribution in [-0.4, -0.2) is 28.8 Å². The zero-order chi connectivity index (χ0) is 7.70. The lowest BCUT2D eigenvalue weighted by Gasteiger charge is -2.01. The molecule has 2 N–H and O–H groups in total. The second kappa shape index (κ2) is 11.2. The van der Waals surface area contributed by atoms with E-state index in [2.05, 4.69) is 15.9 Å². The average Bonchev–Trinajstić information content (AvgIpc) is 1.93. The van der Waals surface area contributed by atoms with Crippen LogP contribution in [0.4, 0.5) is 0 Å². The predicted molar refractivity (Wildman–Crippen MR) is 42.9 cm³/mol. The maximum absolute atomic E-state index is 8.61. The molecule has 0 aromatic carbocycles. The zero-order valence-electron chi connectivity index (χ0n) is 5.97. The smallest absolute Gasteiger partial charge is 0.0770 e. The van der Waals surface area contributed by atoms with Gasteiger partial charge in [-0.2, -0.15) is 0 Å². The Labute approximate surface area is 65.0 Å². The molecule has 0 radical (unpaired) electrons. The molecule has 3 heteroatoms. The van der Waals surface area contributed by atoms with Crippen LogP contribution in [-0.2, 0) is 0 Å². The monoisotopic (exact) mass is 198 g/mol. The normalized spacial score (nSPS) is 11.7. The van der Waals surface area contributed by atoms with Crippen LogP contribution in [0.2, 0.25) is 0 Å². The lowest BCUT2D eigenvalue weighted by molar-refractivity contribution is 0.0877. The molecular formula is C6H15BrO2. The highest BCUT2D eigenvalue weighted by atomic mass is 79.9. The summed E-state index contributed by atoms with van der Waals surface area (Å²) in [7, 11) is 0. The molecule has 1 unspecified atom stereocenters. The molecule has 0 fully saturated rings. The van der Waals surface area contributed by atoms with E-state index in [9.17, 15) is 0 Å². The molecular weight excluding hydrogens is 184 g/mol. The van der Waals surface area contributed by atoms with Gasteiger partial charge in [0.2, 0.25) is 0 Å². The van der Waals surface area contributed by atoms with Crippen molar-refractivity contribution in [3.63, 3.8) is 0 Å². The summed E-state index contributed by atoms with van der Waals surface area (Å²) in [5.74, 6) is 1.81. The minimum absolute atomic E-state index is 0.103. The number of alkyl halides is 1. The molecule has 1 atom stereocenters. The molecule has 0 heterocycles. The molecule has 0 saturated carbocycles. The Morgan fingerprint density at radius 2 is 1.89 bits per heavy atom. The summed E-state index contributed by atoms with van der Waals surface area (Å²) >= 11 is 2.94. The van der Waals surface area contributed by atoms with E-state index in [0.29, 0.717) is 6.42 Å². The van der Waals surface area contributed by atoms with Crippen molar-refractivity contribution in [2.24, 2.45) is 0 Å². The molecule has 0 bridgehead atoms. The van der Waals surface area contributed by atoms with Crippen molar-refractivity contribution in [3.8, 4) is 0 Å². The van der Waals surface area contributed by atoms with Crippen LogP contribution in [0.1, 0.15) is 19.8 Å². The predicted octanol–water partition coefficient (Wildman–Crippen LogP) is 1.15. The summed E-state index contributed by atoms with van der Waals surface area (Å²) in [4.78, 5) is 0. The first-order valence-electron chi connectivity index (χ1n) is 2.98. The molecule has 0 aliphatic heterocycles. The molecule has 9 heavy (non-hydrogen) atoms. The van der Waals surface area contributed by atoms with E-state index >= 15 is 0 Å². The molecule has 0 rings (SSSR count). The Kier molecular flexibility index (Phi) is 15.1. The van der Waals surface area contributed by atoms with E-state index in [1.165, 1.54) is 0 Å². The van der Waals surface area contributed by atoms with Crippen LogP contribution in [0, 0.1) is 0 Å². The lowest BCUT2D eigenvalue weighted by atomic mass is 10.2. The van der Waals surface area contributed by atoms with Crippen molar-refractivity contribution < 1.29 is 10.2 Å². The molecule has 0 aliphatic carbocycles. The third-order valence-corrected chi connectivity index (χ3v) is 0.833. The third kappa shape index (κ3) is 11.8. The first-order chi connectivity index (χ1) is 4.31. The van der Waals surface area contributed by atoms with Crippen molar-refractivity contribution in [3.05, 3.63) is 0 Å². The van der Waals surface area contributed by atoms with Gasteiger partial charge in [0.25, 0.3) is 0 Å². The van der Waals surface area contributed by atoms with Gasteiger partial charge in [-0.05, 0) is 12.3 Å². The number of rotatable bonds is 3. The first kappa shape index (κ1) is 12.1. The van der Waals surface area contributed by atoms with Gasteiger partial charge in [0.05, 0.1) is 12.7 Å². The summed E-state index contributed by atoms with van der Waals surface area (Å²) in [6, 6.07) is 0. The fraction of sp³-hybridized carbons (Fsp3) is 1.00. The first-order valence-corrected chi connectivity index (χ1v) is 4.56. The molecule has 0 spiro atoms. The standard InChI is InChI=1S/C5H12O2.CH3Br/c1-2-3-5(7)4-6;1-2/h5-7H,2-4H2,1H3;1H3. The van der Waals surface area contributed by atoms with Crippen molar-refractivity contribution in [1.82, 2.24) is 0 Å². The van der Waals surface area contributed by atoms with Crippen LogP contribution >= 0.6 is 15.9 Å². The fourth-order valence-electron chi connectivity index (χ4n) is 0.425. The largest absolute Gasteiger partial charge is 0.394 e. The summed E-state index contributed by atoms with van der Waals surface area (Å²) < 4.78 is 0. The van der Waals surface area contributed by atoms with Gasteiger partial charge in [0.1, 0.15) is 0 Å². The van der Waals surface area contributed by atoms with Gasteiger partial charge < -0.3 is 10.2 Å². The topological polar surface area (TPSA) is 40.5 Å². The van der Waals surface area contributed by atoms with E-state index < -0.39 is 6.10 Å². The highest BCUT2D eigenvalue weighted by Gasteiger charge is 1.95. The highest BCUT2D eigenvalue weighted by Crippen LogP contribution is 1.92. The van der Waals surface area contributed by atoms with E-state index in [4.69, 9.17) is 10.2 Å². The fourth-order valence-corrected chi connectivity index (χ4v) is 0.425. The van der Waals surface area contributed by atoms with Crippen LogP contribution in [0.15, 0.2) is 0 Å². The summed E-state index contributed by atoms with van der Waals surface area (Å²) in [6.07, 6.45) is 1.14. The van der Waals surface area contributed by atoms with Crippen LogP contribution < -0.4 is 0 Å². The van der Waals surface area contributed by atoms with Gasteiger partial charge in [-0.25, -0.2) is 0 Å². The van der Waals surface area contributed by atoms with Crippen molar-refractivity contribution in [2.45, 2.75) is 25.9 Å². The second-order valence-electron chi connectivity index (χ2n) is 1.63. The number of aliphatic hydroxyl groups excluding tert-OH is 2. The number of hydrogen-bond donors (Lipinski definition) is 2. The lowest BCUT2D eigenvalue weighted by Crippen LogP contribution is -2.10. The number of aliphatic hydroxyl groups is 2. The van der Waals surface area contributed by atoms with Crippen LogP contribution in [0.5, 0.6) is 0 Å². The summed E-state index contributed by atoms with van der Waals surface area (Å²) in [5, 5.41) is 16.8. The summed E-state index contributed by atoms with van der Waals surface area (Å²) in [6.45, 7) is 1.87. The Morgan fingerprint density at radius 3 is 2.00 bits per heavy atom. The van der Waals surface area contributed by atoms with Crippen molar-refractivity contribution in [1.29, 1.82) is 0 Å². The number of halogens is 1. The second-order valence-corrected chi connectivity index (χ2v) is 1.63. The molecule has 2 nitrogen and oxygen atoms in total. The Morgan fingerprint density at radius 1 is 1.44 bits per heavy atom. The van der Waals surface area contributed by atoms with Gasteiger partial charge in [-0.1, -0.05) is 29.3 Å². The third-order valence-electron chi connectivity index (χ3n) is 0.833. The van der Waals surface area contributed by atoms with Crippen LogP contribution in [0.25, 0.3) is 0 Å². The van der Waals surface area contributed by atoms with Gasteiger partial charge >= 0.3 is 0 Å². The van der Waals surface area contributed by atoms with Gasteiger partial charge in [-0.15, -0.1) is 0 Å². The summed E-state index contributed by atoms with van der Waals surface area (Å²) in [5.41, 5.74) is 0. The van der Waals surface area contributed by atoms with E-state index in [0.717, 1.165) is 6.42 Å². The van der Waals surface area contributed by atoms with Crippen molar-refractivity contribution in [2.75, 3.05) is 12.4 Å². The molecule has 0 saturated heterocycles. The Balaban J connectivity index is 0. The van der Waals surface area contributed by atoms with Gasteiger partial charge in [-0.3, -0.25) is 0 Å². The molecule has 0 aromatic heterocycles. The SMILES string of the molecule is CBr.CCCC(O)CO. The minimum atomic E-state index is -0.495. The maximum Gasteiger partial charge on any atom is 0.0770 e. The van der Waals surface area contributed by atoms with Crippen molar-refractivity contribution >= 4 is 15.9 Å². The van der Waals surface area contributed by atoms with Crippen LogP contribution in [0.3, 0.4) is 0 Å². The molecule has 58 valence electrons. The van der Waals surface area contributed by atoms with E-state index in [1.54, 1.807) is 0 Å². The highest BCUT2D eigenvalue weighted by molar-refractivity contribution is 9.08. The zero-order valence-corrected chi connectivity index (χ0v) is 7.56. The van der Waals surface area contributed by atoms with E-state index in [-0.39, 0.29) is 6.61 Å².